The third-order valence-corrected chi connectivity index (χ3v) is 4.62. The van der Waals surface area contributed by atoms with Crippen molar-refractivity contribution in [1.82, 2.24) is 5.43 Å². The molecular weight excluding hydrogens is 371 g/mol. The van der Waals surface area contributed by atoms with Gasteiger partial charge in [0, 0.05) is 31.7 Å². The molecule has 21 heavy (non-hydrogen) atoms. The summed E-state index contributed by atoms with van der Waals surface area (Å²) < 4.78 is 1.02. The number of benzene rings is 2. The monoisotopic (exact) mass is 382 g/mol. The summed E-state index contributed by atoms with van der Waals surface area (Å²) in [7, 11) is 0. The molecule has 1 unspecified atom stereocenters. The van der Waals surface area contributed by atoms with Crippen molar-refractivity contribution in [1.29, 1.82) is 0 Å². The van der Waals surface area contributed by atoms with E-state index in [1.165, 1.54) is 5.56 Å². The van der Waals surface area contributed by atoms with Gasteiger partial charge in [0.25, 0.3) is 0 Å². The first-order valence-corrected chi connectivity index (χ1v) is 8.17. The third-order valence-electron chi connectivity index (χ3n) is 3.44. The molecule has 2 aromatic carbocycles. The van der Waals surface area contributed by atoms with Crippen LogP contribution < -0.4 is 5.43 Å². The smallest absolute Gasteiger partial charge is 0.0977 e. The molecule has 0 saturated carbocycles. The molecular formula is C16H13BrCl2N2. The van der Waals surface area contributed by atoms with Gasteiger partial charge >= 0.3 is 0 Å². The molecule has 3 rings (SSSR count). The Labute approximate surface area is 142 Å². The molecule has 0 aliphatic carbocycles. The minimum Gasteiger partial charge on any atom is -0.306 e. The van der Waals surface area contributed by atoms with Crippen LogP contribution in [0.4, 0.5) is 0 Å². The van der Waals surface area contributed by atoms with E-state index >= 15 is 0 Å². The Morgan fingerprint density at radius 3 is 2.57 bits per heavy atom. The lowest BCUT2D eigenvalue weighted by Gasteiger charge is -2.12. The van der Waals surface area contributed by atoms with Gasteiger partial charge in [0.2, 0.25) is 0 Å². The van der Waals surface area contributed by atoms with E-state index in [1.807, 2.05) is 36.4 Å². The van der Waals surface area contributed by atoms with Crippen molar-refractivity contribution >= 4 is 44.8 Å². The summed E-state index contributed by atoms with van der Waals surface area (Å²) >= 11 is 15.8. The number of nitrogens with zero attached hydrogens (tertiary/aromatic N) is 1. The van der Waals surface area contributed by atoms with Crippen LogP contribution >= 0.6 is 39.1 Å². The highest BCUT2D eigenvalue weighted by Gasteiger charge is 2.20. The summed E-state index contributed by atoms with van der Waals surface area (Å²) in [5.41, 5.74) is 7.35. The van der Waals surface area contributed by atoms with Gasteiger partial charge in [-0.3, -0.25) is 0 Å². The van der Waals surface area contributed by atoms with Gasteiger partial charge in [-0.05, 0) is 43.2 Å². The van der Waals surface area contributed by atoms with Crippen molar-refractivity contribution < 1.29 is 0 Å². The van der Waals surface area contributed by atoms with Gasteiger partial charge in [0.05, 0.1) is 5.71 Å². The molecule has 1 aliphatic heterocycles. The second kappa shape index (κ2) is 5.99. The summed E-state index contributed by atoms with van der Waals surface area (Å²) in [5.74, 6) is 0. The summed E-state index contributed by atoms with van der Waals surface area (Å²) in [6.45, 7) is 2.11. The molecule has 1 heterocycles. The predicted molar refractivity (Wildman–Crippen MR) is 92.5 cm³/mol. The third kappa shape index (κ3) is 3.10. The largest absolute Gasteiger partial charge is 0.306 e. The second-order valence-corrected chi connectivity index (χ2v) is 6.84. The number of hydrogen-bond donors (Lipinski definition) is 1. The Bertz CT molecular complexity index is 711. The fourth-order valence-electron chi connectivity index (χ4n) is 2.44. The maximum absolute atomic E-state index is 6.22. The van der Waals surface area contributed by atoms with E-state index in [4.69, 9.17) is 23.2 Å². The highest BCUT2D eigenvalue weighted by Crippen LogP contribution is 2.30. The molecule has 1 aliphatic rings. The summed E-state index contributed by atoms with van der Waals surface area (Å²) in [5, 5.41) is 5.97. The number of nitrogens with one attached hydrogen (secondary N) is 1. The Morgan fingerprint density at radius 1 is 1.14 bits per heavy atom. The van der Waals surface area contributed by atoms with E-state index in [9.17, 15) is 0 Å². The van der Waals surface area contributed by atoms with Crippen LogP contribution in [0.3, 0.4) is 0 Å². The topological polar surface area (TPSA) is 24.4 Å². The zero-order chi connectivity index (χ0) is 15.0. The van der Waals surface area contributed by atoms with E-state index in [1.54, 1.807) is 0 Å². The first-order valence-electron chi connectivity index (χ1n) is 6.62. The van der Waals surface area contributed by atoms with Crippen molar-refractivity contribution in [2.45, 2.75) is 19.4 Å². The van der Waals surface area contributed by atoms with E-state index in [2.05, 4.69) is 33.4 Å². The number of fused-ring (bicyclic) bond motifs is 1. The van der Waals surface area contributed by atoms with Crippen LogP contribution in [0, 0.1) is 0 Å². The van der Waals surface area contributed by atoms with Crippen LogP contribution in [-0.4, -0.2) is 11.8 Å². The Balaban J connectivity index is 2.19. The molecule has 0 saturated heterocycles. The maximum atomic E-state index is 6.22. The highest BCUT2D eigenvalue weighted by molar-refractivity contribution is 9.10. The van der Waals surface area contributed by atoms with Crippen LogP contribution in [-0.2, 0) is 6.42 Å². The lowest BCUT2D eigenvalue weighted by molar-refractivity contribution is 0.576. The van der Waals surface area contributed by atoms with Crippen LogP contribution in [0.1, 0.15) is 23.6 Å². The zero-order valence-electron chi connectivity index (χ0n) is 11.3. The summed E-state index contributed by atoms with van der Waals surface area (Å²) in [6.07, 6.45) is 0.883. The quantitative estimate of drug-likeness (QED) is 0.732. The van der Waals surface area contributed by atoms with Gasteiger partial charge in [0.15, 0.2) is 0 Å². The molecule has 0 fully saturated rings. The van der Waals surface area contributed by atoms with Crippen LogP contribution in [0.5, 0.6) is 0 Å². The predicted octanol–water partition coefficient (Wildman–Crippen LogP) is 5.04. The van der Waals surface area contributed by atoms with Crippen LogP contribution in [0.2, 0.25) is 10.0 Å². The average Bonchev–Trinajstić information content (AvgIpc) is 2.60. The molecule has 108 valence electrons. The first-order chi connectivity index (χ1) is 10.0. The standard InChI is InChI=1S/C16H13BrCl2N2/c1-9-6-13-14(7-12(19)8-15(13)17)16(21-20-9)10-2-4-11(18)5-3-10/h2-5,7-9,20H,6H2,1H3. The zero-order valence-corrected chi connectivity index (χ0v) is 14.4. The van der Waals surface area contributed by atoms with Gasteiger partial charge in [-0.2, -0.15) is 5.10 Å². The van der Waals surface area contributed by atoms with Crippen molar-refractivity contribution in [3.63, 3.8) is 0 Å². The van der Waals surface area contributed by atoms with E-state index < -0.39 is 0 Å². The molecule has 0 amide bonds. The Kier molecular flexibility index (Phi) is 4.25. The van der Waals surface area contributed by atoms with Crippen LogP contribution in [0.15, 0.2) is 46.0 Å². The minimum atomic E-state index is 0.256. The molecule has 2 aromatic rings. The van der Waals surface area contributed by atoms with Crippen molar-refractivity contribution in [3.8, 4) is 0 Å². The Morgan fingerprint density at radius 2 is 1.86 bits per heavy atom. The second-order valence-electron chi connectivity index (χ2n) is 5.12. The SMILES string of the molecule is CC1Cc2c(Br)cc(Cl)cc2C(c2ccc(Cl)cc2)=NN1. The number of halogens is 3. The summed E-state index contributed by atoms with van der Waals surface area (Å²) in [6, 6.07) is 11.8. The Hall–Kier alpha value is -1.03. The fraction of sp³-hybridized carbons (Fsp3) is 0.188. The first kappa shape index (κ1) is 14.9. The van der Waals surface area contributed by atoms with Gasteiger partial charge in [-0.1, -0.05) is 51.3 Å². The van der Waals surface area contributed by atoms with E-state index in [0.717, 1.165) is 27.7 Å². The lowest BCUT2D eigenvalue weighted by atomic mass is 9.95. The molecule has 0 bridgehead atoms. The van der Waals surface area contributed by atoms with Gasteiger partial charge in [-0.15, -0.1) is 0 Å². The lowest BCUT2D eigenvalue weighted by Crippen LogP contribution is -2.22. The molecule has 0 spiro atoms. The van der Waals surface area contributed by atoms with Crippen molar-refractivity contribution in [2.24, 2.45) is 5.10 Å². The molecule has 5 heteroatoms. The highest BCUT2D eigenvalue weighted by atomic mass is 79.9. The van der Waals surface area contributed by atoms with Crippen molar-refractivity contribution in [2.75, 3.05) is 0 Å². The van der Waals surface area contributed by atoms with Gasteiger partial charge in [-0.25, -0.2) is 0 Å². The molecule has 2 nitrogen and oxygen atoms in total. The average molecular weight is 384 g/mol. The van der Waals surface area contributed by atoms with E-state index in [0.29, 0.717) is 10.0 Å². The normalized spacial score (nSPS) is 17.5. The number of rotatable bonds is 1. The molecule has 0 aromatic heterocycles. The molecule has 1 N–H and O–H groups in total. The number of hydrazone groups is 1. The summed E-state index contributed by atoms with van der Waals surface area (Å²) in [4.78, 5) is 0. The van der Waals surface area contributed by atoms with E-state index in [-0.39, 0.29) is 6.04 Å². The number of hydrogen-bond acceptors (Lipinski definition) is 2. The van der Waals surface area contributed by atoms with Gasteiger partial charge in [0.1, 0.15) is 0 Å². The molecule has 1 atom stereocenters. The maximum Gasteiger partial charge on any atom is 0.0977 e. The molecule has 0 radical (unpaired) electrons. The fourth-order valence-corrected chi connectivity index (χ4v) is 3.53. The van der Waals surface area contributed by atoms with Gasteiger partial charge < -0.3 is 5.43 Å². The van der Waals surface area contributed by atoms with Crippen LogP contribution in [0.25, 0.3) is 0 Å². The minimum absolute atomic E-state index is 0.256. The van der Waals surface area contributed by atoms with Crippen molar-refractivity contribution in [3.05, 3.63) is 67.6 Å².